The van der Waals surface area contributed by atoms with Crippen molar-refractivity contribution in [1.29, 1.82) is 0 Å². The van der Waals surface area contributed by atoms with Crippen LogP contribution in [-0.4, -0.2) is 72.3 Å². The van der Waals surface area contributed by atoms with Gasteiger partial charge in [-0.1, -0.05) is 6.42 Å². The number of nitrogens with one attached hydrogen (secondary N) is 1. The highest BCUT2D eigenvalue weighted by Crippen LogP contribution is 2.37. The quantitative estimate of drug-likeness (QED) is 0.781. The van der Waals surface area contributed by atoms with E-state index >= 15 is 0 Å². The van der Waals surface area contributed by atoms with Crippen LogP contribution in [-0.2, 0) is 9.53 Å². The highest BCUT2D eigenvalue weighted by atomic mass is 19.4. The smallest absolute Gasteiger partial charge is 0.410 e. The van der Waals surface area contributed by atoms with Gasteiger partial charge >= 0.3 is 12.3 Å². The van der Waals surface area contributed by atoms with E-state index in [0.717, 1.165) is 0 Å². The number of halogens is 3. The third-order valence-corrected chi connectivity index (χ3v) is 5.11. The first-order chi connectivity index (χ1) is 12.9. The lowest BCUT2D eigenvalue weighted by Crippen LogP contribution is -2.46. The second kappa shape index (κ2) is 9.33. The van der Waals surface area contributed by atoms with Crippen molar-refractivity contribution in [2.45, 2.75) is 70.7 Å². The van der Waals surface area contributed by atoms with Crippen molar-refractivity contribution in [3.63, 3.8) is 0 Å². The number of amides is 2. The van der Waals surface area contributed by atoms with Gasteiger partial charge in [0, 0.05) is 32.2 Å². The van der Waals surface area contributed by atoms with Gasteiger partial charge < -0.3 is 15.0 Å². The van der Waals surface area contributed by atoms with Crippen LogP contribution in [0.25, 0.3) is 0 Å². The predicted octanol–water partition coefficient (Wildman–Crippen LogP) is 3.17. The molecule has 1 aliphatic heterocycles. The predicted molar refractivity (Wildman–Crippen MR) is 98.8 cm³/mol. The zero-order chi connectivity index (χ0) is 20.9. The Bertz CT molecular complexity index is 549. The molecule has 2 rings (SSSR count). The molecule has 0 bridgehead atoms. The summed E-state index contributed by atoms with van der Waals surface area (Å²) in [7, 11) is 0. The van der Waals surface area contributed by atoms with E-state index in [9.17, 15) is 22.8 Å². The van der Waals surface area contributed by atoms with Crippen LogP contribution in [0.3, 0.4) is 0 Å². The molecule has 1 saturated carbocycles. The fraction of sp³-hybridized carbons (Fsp3) is 0.895. The van der Waals surface area contributed by atoms with Crippen LogP contribution >= 0.6 is 0 Å². The Hall–Kier alpha value is -1.51. The minimum atomic E-state index is -4.20. The van der Waals surface area contributed by atoms with Crippen LogP contribution in [0.4, 0.5) is 18.0 Å². The highest BCUT2D eigenvalue weighted by Gasteiger charge is 2.42. The maximum atomic E-state index is 12.9. The number of nitrogens with zero attached hydrogens (tertiary/aromatic N) is 2. The van der Waals surface area contributed by atoms with Crippen molar-refractivity contribution in [2.24, 2.45) is 5.92 Å². The summed E-state index contributed by atoms with van der Waals surface area (Å²) in [6.45, 7) is 7.78. The molecular formula is C19H32F3N3O3. The number of carbonyl (C=O) groups excluding carboxylic acids is 2. The molecule has 0 spiro atoms. The minimum absolute atomic E-state index is 0.0400. The molecule has 6 nitrogen and oxygen atoms in total. The molecule has 2 amide bonds. The summed E-state index contributed by atoms with van der Waals surface area (Å²) in [6.07, 6.45) is -2.68. The van der Waals surface area contributed by atoms with Gasteiger partial charge in [0.05, 0.1) is 12.5 Å². The summed E-state index contributed by atoms with van der Waals surface area (Å²) in [4.78, 5) is 28.1. The number of hydrogen-bond donors (Lipinski definition) is 1. The highest BCUT2D eigenvalue weighted by molar-refractivity contribution is 5.78. The van der Waals surface area contributed by atoms with E-state index in [4.69, 9.17) is 4.74 Å². The molecule has 1 N–H and O–H groups in total. The van der Waals surface area contributed by atoms with E-state index in [2.05, 4.69) is 5.32 Å². The molecule has 0 radical (unpaired) electrons. The Morgan fingerprint density at radius 3 is 2.39 bits per heavy atom. The number of alkyl halides is 3. The van der Waals surface area contributed by atoms with Gasteiger partial charge in [-0.2, -0.15) is 13.2 Å². The van der Waals surface area contributed by atoms with Gasteiger partial charge in [-0.15, -0.1) is 0 Å². The summed E-state index contributed by atoms with van der Waals surface area (Å²) in [5.74, 6) is -1.58. The summed E-state index contributed by atoms with van der Waals surface area (Å²) < 4.78 is 44.1. The van der Waals surface area contributed by atoms with Crippen molar-refractivity contribution in [2.75, 3.05) is 32.7 Å². The zero-order valence-electron chi connectivity index (χ0n) is 17.0. The van der Waals surface area contributed by atoms with Crippen LogP contribution in [0.1, 0.15) is 52.9 Å². The van der Waals surface area contributed by atoms with E-state index in [-0.39, 0.29) is 31.4 Å². The Balaban J connectivity index is 1.77. The van der Waals surface area contributed by atoms with Gasteiger partial charge in [-0.25, -0.2) is 4.79 Å². The molecule has 2 fully saturated rings. The van der Waals surface area contributed by atoms with Crippen LogP contribution < -0.4 is 5.32 Å². The molecule has 9 heteroatoms. The van der Waals surface area contributed by atoms with Crippen molar-refractivity contribution in [3.8, 4) is 0 Å². The third kappa shape index (κ3) is 7.48. The standard InChI is InChI=1S/C19H32F3N3O3/c1-18(2,3)28-17(27)25-9-5-8-24(10-11-25)13-16(26)23-15-7-4-6-14(12-15)19(20,21)22/h14-15H,4-13H2,1-3H3,(H,23,26). The second-order valence-electron chi connectivity index (χ2n) is 8.77. The lowest BCUT2D eigenvalue weighted by molar-refractivity contribution is -0.184. The molecule has 28 heavy (non-hydrogen) atoms. The second-order valence-corrected chi connectivity index (χ2v) is 8.77. The van der Waals surface area contributed by atoms with Gasteiger partial charge in [-0.3, -0.25) is 9.69 Å². The normalized spacial score (nSPS) is 25.1. The average Bonchev–Trinajstić information content (AvgIpc) is 2.78. The third-order valence-electron chi connectivity index (χ3n) is 5.11. The van der Waals surface area contributed by atoms with E-state index in [1.165, 1.54) is 0 Å². The maximum Gasteiger partial charge on any atom is 0.410 e. The molecule has 1 saturated heterocycles. The van der Waals surface area contributed by atoms with E-state index in [1.54, 1.807) is 4.90 Å². The first-order valence-corrected chi connectivity index (χ1v) is 10.0. The van der Waals surface area contributed by atoms with Crippen molar-refractivity contribution in [3.05, 3.63) is 0 Å². The molecular weight excluding hydrogens is 375 g/mol. The van der Waals surface area contributed by atoms with E-state index in [1.807, 2.05) is 25.7 Å². The minimum Gasteiger partial charge on any atom is -0.444 e. The van der Waals surface area contributed by atoms with Crippen molar-refractivity contribution < 1.29 is 27.5 Å². The average molecular weight is 407 g/mol. The lowest BCUT2D eigenvalue weighted by atomic mass is 9.85. The molecule has 2 unspecified atom stereocenters. The Labute approximate surface area is 164 Å². The lowest BCUT2D eigenvalue weighted by Gasteiger charge is -2.31. The first kappa shape index (κ1) is 22.8. The van der Waals surface area contributed by atoms with Crippen LogP contribution in [0, 0.1) is 5.92 Å². The largest absolute Gasteiger partial charge is 0.444 e. The van der Waals surface area contributed by atoms with E-state index < -0.39 is 23.7 Å². The molecule has 2 atom stereocenters. The summed E-state index contributed by atoms with van der Waals surface area (Å²) in [6, 6.07) is -0.418. The maximum absolute atomic E-state index is 12.9. The molecule has 162 valence electrons. The molecule has 2 aliphatic rings. The summed E-state index contributed by atoms with van der Waals surface area (Å²) in [5.41, 5.74) is -0.558. The van der Waals surface area contributed by atoms with Crippen LogP contribution in [0.2, 0.25) is 0 Å². The van der Waals surface area contributed by atoms with Crippen LogP contribution in [0.15, 0.2) is 0 Å². The van der Waals surface area contributed by atoms with Crippen LogP contribution in [0.5, 0.6) is 0 Å². The van der Waals surface area contributed by atoms with Gasteiger partial charge in [0.25, 0.3) is 0 Å². The van der Waals surface area contributed by atoms with Crippen molar-refractivity contribution in [1.82, 2.24) is 15.1 Å². The monoisotopic (exact) mass is 407 g/mol. The summed E-state index contributed by atoms with van der Waals surface area (Å²) >= 11 is 0. The van der Waals surface area contributed by atoms with Gasteiger partial charge in [-0.05, 0) is 46.5 Å². The molecule has 1 aliphatic carbocycles. The molecule has 0 aromatic carbocycles. The summed E-state index contributed by atoms with van der Waals surface area (Å²) in [5, 5.41) is 2.77. The van der Waals surface area contributed by atoms with Gasteiger partial charge in [0.2, 0.25) is 5.91 Å². The Kier molecular flexibility index (Phi) is 7.59. The van der Waals surface area contributed by atoms with Crippen molar-refractivity contribution >= 4 is 12.0 Å². The van der Waals surface area contributed by atoms with E-state index in [0.29, 0.717) is 45.4 Å². The number of rotatable bonds is 3. The number of hydrogen-bond acceptors (Lipinski definition) is 4. The topological polar surface area (TPSA) is 61.9 Å². The fourth-order valence-electron chi connectivity index (χ4n) is 3.73. The number of carbonyl (C=O) groups is 2. The first-order valence-electron chi connectivity index (χ1n) is 10.0. The van der Waals surface area contributed by atoms with Gasteiger partial charge in [0.1, 0.15) is 5.60 Å². The SMILES string of the molecule is CC(C)(C)OC(=O)N1CCCN(CC(=O)NC2CCCC(C(F)(F)F)C2)CC1. The Morgan fingerprint density at radius 1 is 1.04 bits per heavy atom. The molecule has 1 heterocycles. The number of ether oxygens (including phenoxy) is 1. The fourth-order valence-corrected chi connectivity index (χ4v) is 3.73. The molecule has 0 aromatic heterocycles. The van der Waals surface area contributed by atoms with Gasteiger partial charge in [0.15, 0.2) is 0 Å². The molecule has 0 aromatic rings. The zero-order valence-corrected chi connectivity index (χ0v) is 17.0. The Morgan fingerprint density at radius 2 is 1.75 bits per heavy atom.